The summed E-state index contributed by atoms with van der Waals surface area (Å²) in [5, 5.41) is 6.99. The van der Waals surface area contributed by atoms with Crippen LogP contribution in [0.15, 0.2) is 0 Å². The standard InChI is InChI=1S/C13H22N2O/c16-12-13(8-4-1-5-9-13)15-11-7-3-2-6-10(11)14-12/h10-11,15H,1-9H2,(H,14,16)/t10-,11-/m1/s1. The molecule has 0 aromatic carbocycles. The van der Waals surface area contributed by atoms with E-state index < -0.39 is 0 Å². The lowest BCUT2D eigenvalue weighted by molar-refractivity contribution is -0.134. The van der Waals surface area contributed by atoms with Crippen LogP contribution in [0.4, 0.5) is 0 Å². The van der Waals surface area contributed by atoms with Crippen LogP contribution in [0.3, 0.4) is 0 Å². The normalized spacial score (nSPS) is 37.9. The molecule has 0 radical (unpaired) electrons. The minimum Gasteiger partial charge on any atom is -0.350 e. The maximum Gasteiger partial charge on any atom is 0.240 e. The lowest BCUT2D eigenvalue weighted by atomic mass is 9.76. The Labute approximate surface area is 97.4 Å². The van der Waals surface area contributed by atoms with E-state index in [1.165, 1.54) is 44.9 Å². The molecule has 90 valence electrons. The van der Waals surface area contributed by atoms with Crippen LogP contribution < -0.4 is 10.6 Å². The van der Waals surface area contributed by atoms with Crippen molar-refractivity contribution in [3.05, 3.63) is 0 Å². The molecule has 0 aromatic heterocycles. The smallest absolute Gasteiger partial charge is 0.240 e. The third kappa shape index (κ3) is 1.65. The van der Waals surface area contributed by atoms with Gasteiger partial charge < -0.3 is 5.32 Å². The van der Waals surface area contributed by atoms with Crippen molar-refractivity contribution in [2.24, 2.45) is 0 Å². The first kappa shape index (κ1) is 10.6. The third-order valence-corrected chi connectivity index (χ3v) is 4.69. The van der Waals surface area contributed by atoms with E-state index in [0.29, 0.717) is 12.1 Å². The summed E-state index contributed by atoms with van der Waals surface area (Å²) in [5.74, 6) is 0.287. The van der Waals surface area contributed by atoms with Gasteiger partial charge in [-0.3, -0.25) is 10.1 Å². The molecule has 3 aliphatic rings. The summed E-state index contributed by atoms with van der Waals surface area (Å²) in [6, 6.07) is 0.957. The van der Waals surface area contributed by atoms with Crippen LogP contribution in [-0.4, -0.2) is 23.5 Å². The molecule has 2 N–H and O–H groups in total. The maximum atomic E-state index is 12.3. The van der Waals surface area contributed by atoms with Gasteiger partial charge in [0.25, 0.3) is 0 Å². The fraction of sp³-hybridized carbons (Fsp3) is 0.923. The second-order valence-electron chi connectivity index (χ2n) is 5.76. The molecule has 1 spiro atoms. The predicted octanol–water partition coefficient (Wildman–Crippen LogP) is 1.72. The lowest BCUT2D eigenvalue weighted by Gasteiger charge is -2.48. The van der Waals surface area contributed by atoms with Crippen molar-refractivity contribution in [1.82, 2.24) is 10.6 Å². The first-order chi connectivity index (χ1) is 7.80. The predicted molar refractivity (Wildman–Crippen MR) is 63.1 cm³/mol. The van der Waals surface area contributed by atoms with Crippen molar-refractivity contribution in [2.75, 3.05) is 0 Å². The molecule has 16 heavy (non-hydrogen) atoms. The van der Waals surface area contributed by atoms with Crippen molar-refractivity contribution < 1.29 is 4.79 Å². The topological polar surface area (TPSA) is 41.1 Å². The highest BCUT2D eigenvalue weighted by molar-refractivity contribution is 5.87. The molecule has 1 aliphatic heterocycles. The molecular weight excluding hydrogens is 200 g/mol. The Morgan fingerprint density at radius 2 is 1.62 bits per heavy atom. The van der Waals surface area contributed by atoms with Crippen LogP contribution in [-0.2, 0) is 4.79 Å². The molecule has 0 unspecified atom stereocenters. The van der Waals surface area contributed by atoms with Gasteiger partial charge in [0.05, 0.1) is 5.54 Å². The van der Waals surface area contributed by atoms with E-state index >= 15 is 0 Å². The van der Waals surface area contributed by atoms with Crippen LogP contribution in [0.5, 0.6) is 0 Å². The molecule has 1 saturated heterocycles. The van der Waals surface area contributed by atoms with E-state index in [2.05, 4.69) is 10.6 Å². The van der Waals surface area contributed by atoms with Crippen LogP contribution in [0.25, 0.3) is 0 Å². The summed E-state index contributed by atoms with van der Waals surface area (Å²) in [6.07, 6.45) is 10.8. The summed E-state index contributed by atoms with van der Waals surface area (Å²) >= 11 is 0. The molecule has 3 fully saturated rings. The van der Waals surface area contributed by atoms with Gasteiger partial charge in [-0.15, -0.1) is 0 Å². The molecule has 0 bridgehead atoms. The highest BCUT2D eigenvalue weighted by Gasteiger charge is 2.47. The van der Waals surface area contributed by atoms with Gasteiger partial charge >= 0.3 is 0 Å². The molecule has 3 nitrogen and oxygen atoms in total. The van der Waals surface area contributed by atoms with Crippen LogP contribution in [0.1, 0.15) is 57.8 Å². The Kier molecular flexibility index (Phi) is 2.66. The van der Waals surface area contributed by atoms with Crippen molar-refractivity contribution >= 4 is 5.91 Å². The number of hydrogen-bond acceptors (Lipinski definition) is 2. The second-order valence-corrected chi connectivity index (χ2v) is 5.76. The van der Waals surface area contributed by atoms with E-state index in [4.69, 9.17) is 0 Å². The van der Waals surface area contributed by atoms with Crippen molar-refractivity contribution in [2.45, 2.75) is 75.4 Å². The molecule has 2 aliphatic carbocycles. The average Bonchev–Trinajstić information content (AvgIpc) is 2.32. The Morgan fingerprint density at radius 3 is 2.38 bits per heavy atom. The number of rotatable bonds is 0. The molecule has 3 rings (SSSR count). The number of fused-ring (bicyclic) bond motifs is 1. The van der Waals surface area contributed by atoms with E-state index in [0.717, 1.165) is 12.8 Å². The minimum atomic E-state index is -0.198. The zero-order chi connectivity index (χ0) is 11.0. The Bertz CT molecular complexity index is 284. The largest absolute Gasteiger partial charge is 0.350 e. The number of amides is 1. The second kappa shape index (κ2) is 4.02. The fourth-order valence-electron chi connectivity index (χ4n) is 3.73. The highest BCUT2D eigenvalue weighted by Crippen LogP contribution is 2.34. The zero-order valence-electron chi connectivity index (χ0n) is 9.93. The highest BCUT2D eigenvalue weighted by atomic mass is 16.2. The average molecular weight is 222 g/mol. The first-order valence-electron chi connectivity index (χ1n) is 6.89. The summed E-state index contributed by atoms with van der Waals surface area (Å²) < 4.78 is 0. The lowest BCUT2D eigenvalue weighted by Crippen LogP contribution is -2.71. The Hall–Kier alpha value is -0.570. The van der Waals surface area contributed by atoms with Gasteiger partial charge in [-0.05, 0) is 25.7 Å². The van der Waals surface area contributed by atoms with Crippen molar-refractivity contribution in [3.63, 3.8) is 0 Å². The third-order valence-electron chi connectivity index (χ3n) is 4.69. The number of nitrogens with one attached hydrogen (secondary N) is 2. The molecule has 2 saturated carbocycles. The maximum absolute atomic E-state index is 12.3. The number of piperazine rings is 1. The Balaban J connectivity index is 1.77. The summed E-state index contributed by atoms with van der Waals surface area (Å²) in [6.45, 7) is 0. The van der Waals surface area contributed by atoms with Crippen LogP contribution in [0.2, 0.25) is 0 Å². The van der Waals surface area contributed by atoms with Crippen LogP contribution >= 0.6 is 0 Å². The molecular formula is C13H22N2O. The van der Waals surface area contributed by atoms with Crippen molar-refractivity contribution in [3.8, 4) is 0 Å². The Morgan fingerprint density at radius 1 is 0.938 bits per heavy atom. The number of hydrogen-bond donors (Lipinski definition) is 2. The fourth-order valence-corrected chi connectivity index (χ4v) is 3.73. The minimum absolute atomic E-state index is 0.198. The summed E-state index contributed by atoms with van der Waals surface area (Å²) in [7, 11) is 0. The number of carbonyl (C=O) groups excluding carboxylic acids is 1. The monoisotopic (exact) mass is 222 g/mol. The molecule has 0 aromatic rings. The summed E-state index contributed by atoms with van der Waals surface area (Å²) in [4.78, 5) is 12.3. The first-order valence-corrected chi connectivity index (χ1v) is 6.89. The van der Waals surface area contributed by atoms with Crippen LogP contribution in [0, 0.1) is 0 Å². The van der Waals surface area contributed by atoms with E-state index in [-0.39, 0.29) is 11.4 Å². The summed E-state index contributed by atoms with van der Waals surface area (Å²) in [5.41, 5.74) is -0.198. The van der Waals surface area contributed by atoms with Gasteiger partial charge in [0.2, 0.25) is 5.91 Å². The molecule has 1 heterocycles. The molecule has 2 atom stereocenters. The van der Waals surface area contributed by atoms with Gasteiger partial charge in [-0.2, -0.15) is 0 Å². The van der Waals surface area contributed by atoms with Gasteiger partial charge in [0, 0.05) is 12.1 Å². The van der Waals surface area contributed by atoms with E-state index in [1.807, 2.05) is 0 Å². The molecule has 3 heteroatoms. The quantitative estimate of drug-likeness (QED) is 0.655. The van der Waals surface area contributed by atoms with Gasteiger partial charge in [-0.25, -0.2) is 0 Å². The molecule has 1 amide bonds. The van der Waals surface area contributed by atoms with Gasteiger partial charge in [0.1, 0.15) is 0 Å². The number of carbonyl (C=O) groups is 1. The van der Waals surface area contributed by atoms with E-state index in [1.54, 1.807) is 0 Å². The van der Waals surface area contributed by atoms with Gasteiger partial charge in [-0.1, -0.05) is 32.1 Å². The van der Waals surface area contributed by atoms with E-state index in [9.17, 15) is 4.79 Å². The van der Waals surface area contributed by atoms with Gasteiger partial charge in [0.15, 0.2) is 0 Å². The van der Waals surface area contributed by atoms with Crippen molar-refractivity contribution in [1.29, 1.82) is 0 Å². The zero-order valence-corrected chi connectivity index (χ0v) is 9.93. The SMILES string of the molecule is O=C1N[C@@H]2CCCC[C@H]2NC12CCCCC2.